The van der Waals surface area contributed by atoms with E-state index in [9.17, 15) is 9.18 Å². The number of nitrogens with one attached hydrogen (secondary N) is 1. The molecule has 1 rings (SSSR count). The zero-order valence-corrected chi connectivity index (χ0v) is 12.3. The van der Waals surface area contributed by atoms with Gasteiger partial charge in [0.1, 0.15) is 5.82 Å². The molecular formula is C12H14BrFN2OS. The molecular weight excluding hydrogens is 319 g/mol. The standard InChI is InChI=1S/C12H14BrFN2OS/c1-2-3-10(11(15)18)16-12(17)8-5-4-7(13)6-9(8)14/h4-6,10H,2-3H2,1H3,(H2,15,18)(H,16,17). The topological polar surface area (TPSA) is 55.1 Å². The minimum Gasteiger partial charge on any atom is -0.392 e. The maximum atomic E-state index is 13.6. The summed E-state index contributed by atoms with van der Waals surface area (Å²) in [6.07, 6.45) is 1.46. The van der Waals surface area contributed by atoms with Crippen molar-refractivity contribution in [1.29, 1.82) is 0 Å². The number of hydrogen-bond acceptors (Lipinski definition) is 2. The van der Waals surface area contributed by atoms with Crippen molar-refractivity contribution < 1.29 is 9.18 Å². The number of thiocarbonyl (C=S) groups is 1. The van der Waals surface area contributed by atoms with Crippen LogP contribution in [0.15, 0.2) is 22.7 Å². The first-order valence-electron chi connectivity index (χ1n) is 5.51. The molecule has 3 nitrogen and oxygen atoms in total. The van der Waals surface area contributed by atoms with E-state index in [1.54, 1.807) is 6.07 Å². The van der Waals surface area contributed by atoms with Crippen molar-refractivity contribution in [3.63, 3.8) is 0 Å². The molecule has 0 fully saturated rings. The van der Waals surface area contributed by atoms with Gasteiger partial charge in [-0.2, -0.15) is 0 Å². The summed E-state index contributed by atoms with van der Waals surface area (Å²) in [6, 6.07) is 3.86. The fourth-order valence-electron chi connectivity index (χ4n) is 1.48. The zero-order valence-electron chi connectivity index (χ0n) is 9.87. The van der Waals surface area contributed by atoms with Gasteiger partial charge in [0.15, 0.2) is 0 Å². The third-order valence-corrected chi connectivity index (χ3v) is 3.18. The van der Waals surface area contributed by atoms with Gasteiger partial charge in [0.25, 0.3) is 5.91 Å². The van der Waals surface area contributed by atoms with E-state index in [2.05, 4.69) is 21.2 Å². The molecule has 3 N–H and O–H groups in total. The van der Waals surface area contributed by atoms with Crippen molar-refractivity contribution in [2.45, 2.75) is 25.8 Å². The quantitative estimate of drug-likeness (QED) is 0.815. The van der Waals surface area contributed by atoms with Crippen LogP contribution < -0.4 is 11.1 Å². The summed E-state index contributed by atoms with van der Waals surface area (Å²) in [5, 5.41) is 2.63. The second-order valence-corrected chi connectivity index (χ2v) is 5.23. The van der Waals surface area contributed by atoms with Gasteiger partial charge in [-0.15, -0.1) is 0 Å². The SMILES string of the molecule is CCCC(NC(=O)c1ccc(Br)cc1F)C(N)=S. The molecule has 1 aromatic rings. The molecule has 1 amide bonds. The lowest BCUT2D eigenvalue weighted by molar-refractivity contribution is 0.0941. The molecule has 0 radical (unpaired) electrons. The van der Waals surface area contributed by atoms with Gasteiger partial charge < -0.3 is 11.1 Å². The van der Waals surface area contributed by atoms with E-state index in [4.69, 9.17) is 18.0 Å². The molecule has 0 spiro atoms. The Morgan fingerprint density at radius 1 is 1.61 bits per heavy atom. The van der Waals surface area contributed by atoms with E-state index < -0.39 is 17.8 Å². The summed E-state index contributed by atoms with van der Waals surface area (Å²) >= 11 is 8.00. The Morgan fingerprint density at radius 3 is 2.78 bits per heavy atom. The van der Waals surface area contributed by atoms with Gasteiger partial charge in [0.05, 0.1) is 16.6 Å². The minimum absolute atomic E-state index is 0.0180. The predicted molar refractivity (Wildman–Crippen MR) is 77.0 cm³/mol. The third-order valence-electron chi connectivity index (χ3n) is 2.40. The molecule has 0 aromatic heterocycles. The normalized spacial score (nSPS) is 11.9. The molecule has 0 bridgehead atoms. The van der Waals surface area contributed by atoms with Gasteiger partial charge in [-0.3, -0.25) is 4.79 Å². The number of rotatable bonds is 5. The number of carbonyl (C=O) groups is 1. The van der Waals surface area contributed by atoms with Gasteiger partial charge in [-0.05, 0) is 24.6 Å². The van der Waals surface area contributed by atoms with Gasteiger partial charge in [0, 0.05) is 4.47 Å². The number of halogens is 2. The highest BCUT2D eigenvalue weighted by atomic mass is 79.9. The zero-order chi connectivity index (χ0) is 13.7. The van der Waals surface area contributed by atoms with Crippen LogP contribution in [0.1, 0.15) is 30.1 Å². The molecule has 0 aliphatic rings. The van der Waals surface area contributed by atoms with Crippen LogP contribution in [-0.4, -0.2) is 16.9 Å². The molecule has 18 heavy (non-hydrogen) atoms. The second kappa shape index (κ2) is 6.80. The minimum atomic E-state index is -0.583. The van der Waals surface area contributed by atoms with Crippen molar-refractivity contribution in [1.82, 2.24) is 5.32 Å². The highest BCUT2D eigenvalue weighted by Crippen LogP contribution is 2.15. The number of hydrogen-bond donors (Lipinski definition) is 2. The fourth-order valence-corrected chi connectivity index (χ4v) is 1.99. The number of nitrogens with two attached hydrogens (primary N) is 1. The van der Waals surface area contributed by atoms with Crippen LogP contribution in [-0.2, 0) is 0 Å². The van der Waals surface area contributed by atoms with E-state index in [1.807, 2.05) is 6.92 Å². The Balaban J connectivity index is 2.83. The molecule has 98 valence electrons. The highest BCUT2D eigenvalue weighted by molar-refractivity contribution is 9.10. The van der Waals surface area contributed by atoms with E-state index in [0.29, 0.717) is 10.9 Å². The lowest BCUT2D eigenvalue weighted by Gasteiger charge is -2.16. The molecule has 1 aromatic carbocycles. The Hall–Kier alpha value is -1.01. The van der Waals surface area contributed by atoms with Crippen LogP contribution in [0.25, 0.3) is 0 Å². The maximum absolute atomic E-state index is 13.6. The van der Waals surface area contributed by atoms with Gasteiger partial charge >= 0.3 is 0 Å². The average Bonchev–Trinajstić information content (AvgIpc) is 2.27. The summed E-state index contributed by atoms with van der Waals surface area (Å²) in [5.74, 6) is -1.09. The van der Waals surface area contributed by atoms with E-state index in [-0.39, 0.29) is 10.6 Å². The molecule has 0 aliphatic carbocycles. The Labute approximate surface area is 119 Å². The van der Waals surface area contributed by atoms with Gasteiger partial charge in [-0.1, -0.05) is 41.5 Å². The Kier molecular flexibility index (Phi) is 5.68. The summed E-state index contributed by atoms with van der Waals surface area (Å²) < 4.78 is 14.2. The molecule has 6 heteroatoms. The molecule has 1 unspecified atom stereocenters. The first-order chi connectivity index (χ1) is 8.45. The van der Waals surface area contributed by atoms with Crippen molar-refractivity contribution >= 4 is 39.0 Å². The second-order valence-electron chi connectivity index (χ2n) is 3.84. The summed E-state index contributed by atoms with van der Waals surface area (Å²) in [4.78, 5) is 12.1. The molecule has 0 aliphatic heterocycles. The van der Waals surface area contributed by atoms with Crippen molar-refractivity contribution in [2.75, 3.05) is 0 Å². The number of benzene rings is 1. The van der Waals surface area contributed by atoms with Gasteiger partial charge in [0.2, 0.25) is 0 Å². The smallest absolute Gasteiger partial charge is 0.254 e. The first kappa shape index (κ1) is 15.0. The molecule has 0 heterocycles. The molecule has 0 saturated heterocycles. The van der Waals surface area contributed by atoms with Crippen LogP contribution in [0.3, 0.4) is 0 Å². The van der Waals surface area contributed by atoms with Crippen LogP contribution in [0.5, 0.6) is 0 Å². The van der Waals surface area contributed by atoms with Crippen molar-refractivity contribution in [2.24, 2.45) is 5.73 Å². The van der Waals surface area contributed by atoms with Gasteiger partial charge in [-0.25, -0.2) is 4.39 Å². The monoisotopic (exact) mass is 332 g/mol. The Morgan fingerprint density at radius 2 is 2.28 bits per heavy atom. The van der Waals surface area contributed by atoms with Crippen LogP contribution in [0.4, 0.5) is 4.39 Å². The maximum Gasteiger partial charge on any atom is 0.254 e. The lowest BCUT2D eigenvalue weighted by atomic mass is 10.1. The van der Waals surface area contributed by atoms with Crippen LogP contribution >= 0.6 is 28.1 Å². The molecule has 0 saturated carbocycles. The summed E-state index contributed by atoms with van der Waals surface area (Å²) in [5.41, 5.74) is 5.51. The number of amides is 1. The van der Waals surface area contributed by atoms with Crippen LogP contribution in [0, 0.1) is 5.82 Å². The third kappa shape index (κ3) is 4.03. The number of carbonyl (C=O) groups excluding carboxylic acids is 1. The Bertz CT molecular complexity index is 467. The van der Waals surface area contributed by atoms with Crippen LogP contribution in [0.2, 0.25) is 0 Å². The predicted octanol–water partition coefficient (Wildman–Crippen LogP) is 2.77. The van der Waals surface area contributed by atoms with Crippen molar-refractivity contribution in [3.05, 3.63) is 34.1 Å². The lowest BCUT2D eigenvalue weighted by Crippen LogP contribution is -2.43. The van der Waals surface area contributed by atoms with Crippen molar-refractivity contribution in [3.8, 4) is 0 Å². The van der Waals surface area contributed by atoms with E-state index in [0.717, 1.165) is 6.42 Å². The van der Waals surface area contributed by atoms with E-state index in [1.165, 1.54) is 12.1 Å². The highest BCUT2D eigenvalue weighted by Gasteiger charge is 2.18. The first-order valence-corrected chi connectivity index (χ1v) is 6.71. The fraction of sp³-hybridized carbons (Fsp3) is 0.333. The largest absolute Gasteiger partial charge is 0.392 e. The molecule has 1 atom stereocenters. The average molecular weight is 333 g/mol. The summed E-state index contributed by atoms with van der Waals surface area (Å²) in [6.45, 7) is 1.96. The summed E-state index contributed by atoms with van der Waals surface area (Å²) in [7, 11) is 0. The van der Waals surface area contributed by atoms with E-state index >= 15 is 0 Å².